The van der Waals surface area contributed by atoms with Gasteiger partial charge in [0.05, 0.1) is 5.69 Å². The Morgan fingerprint density at radius 3 is 2.37 bits per heavy atom. The maximum Gasteiger partial charge on any atom is 0.112 e. The van der Waals surface area contributed by atoms with E-state index in [0.29, 0.717) is 11.8 Å². The van der Waals surface area contributed by atoms with Gasteiger partial charge in [-0.1, -0.05) is 38.1 Å². The third-order valence-corrected chi connectivity index (χ3v) is 3.92. The zero-order valence-electron chi connectivity index (χ0n) is 11.8. The van der Waals surface area contributed by atoms with Crippen LogP contribution in [0.15, 0.2) is 24.3 Å². The van der Waals surface area contributed by atoms with Crippen LogP contribution in [-0.2, 0) is 0 Å². The average Bonchev–Trinajstić information content (AvgIpc) is 2.69. The number of H-pyrrole nitrogens is 1. The Kier molecular flexibility index (Phi) is 3.15. The van der Waals surface area contributed by atoms with Crippen LogP contribution in [0.25, 0.3) is 11.3 Å². The van der Waals surface area contributed by atoms with Crippen molar-refractivity contribution >= 4 is 0 Å². The summed E-state index contributed by atoms with van der Waals surface area (Å²) >= 11 is 0. The summed E-state index contributed by atoms with van der Waals surface area (Å²) in [5.41, 5.74) is 4.84. The number of imidazole rings is 1. The highest BCUT2D eigenvalue weighted by molar-refractivity contribution is 5.62. The number of aryl methyl sites for hydroxylation is 1. The maximum absolute atomic E-state index is 4.78. The molecular formula is C16H21N3. The van der Waals surface area contributed by atoms with Gasteiger partial charge < -0.3 is 10.3 Å². The third kappa shape index (κ3) is 2.30. The first kappa shape index (κ1) is 12.4. The molecule has 1 aliphatic heterocycles. The molecule has 1 saturated heterocycles. The van der Waals surface area contributed by atoms with Crippen LogP contribution in [0, 0.1) is 6.92 Å². The van der Waals surface area contributed by atoms with Crippen molar-refractivity contribution in [3.05, 3.63) is 41.3 Å². The first-order valence-electron chi connectivity index (χ1n) is 7.02. The largest absolute Gasteiger partial charge is 0.345 e. The number of aromatic amines is 1. The number of nitrogens with zero attached hydrogens (tertiary/aromatic N) is 1. The summed E-state index contributed by atoms with van der Waals surface area (Å²) in [6.07, 6.45) is 0. The highest BCUT2D eigenvalue weighted by Gasteiger charge is 2.23. The smallest absolute Gasteiger partial charge is 0.112 e. The highest BCUT2D eigenvalue weighted by atomic mass is 15.0. The van der Waals surface area contributed by atoms with E-state index in [4.69, 9.17) is 4.98 Å². The van der Waals surface area contributed by atoms with Gasteiger partial charge in [0.25, 0.3) is 0 Å². The molecule has 1 aromatic heterocycles. The Hall–Kier alpha value is -1.61. The number of rotatable bonds is 3. The fourth-order valence-electron chi connectivity index (χ4n) is 2.47. The third-order valence-electron chi connectivity index (χ3n) is 3.92. The predicted molar refractivity (Wildman–Crippen MR) is 78.5 cm³/mol. The lowest BCUT2D eigenvalue weighted by Crippen LogP contribution is -2.40. The molecule has 0 unspecified atom stereocenters. The fourth-order valence-corrected chi connectivity index (χ4v) is 2.47. The molecule has 0 amide bonds. The standard InChI is InChI=1S/C16H21N3/c1-10(2)12-4-6-13(7-5-12)15-11(3)18-16(19-15)14-8-17-9-14/h4-7,10,14,17H,8-9H2,1-3H3,(H,18,19). The van der Waals surface area contributed by atoms with Gasteiger partial charge in [-0.3, -0.25) is 0 Å². The molecule has 2 N–H and O–H groups in total. The number of benzene rings is 1. The lowest BCUT2D eigenvalue weighted by atomic mass is 10.0. The number of hydrogen-bond donors (Lipinski definition) is 2. The van der Waals surface area contributed by atoms with Gasteiger partial charge in [-0.15, -0.1) is 0 Å². The van der Waals surface area contributed by atoms with E-state index in [1.165, 1.54) is 16.8 Å². The minimum atomic E-state index is 0.558. The van der Waals surface area contributed by atoms with Crippen LogP contribution in [-0.4, -0.2) is 23.1 Å². The van der Waals surface area contributed by atoms with Gasteiger partial charge in [-0.05, 0) is 18.4 Å². The molecule has 0 bridgehead atoms. The van der Waals surface area contributed by atoms with Gasteiger partial charge >= 0.3 is 0 Å². The van der Waals surface area contributed by atoms with E-state index in [-0.39, 0.29) is 0 Å². The van der Waals surface area contributed by atoms with Crippen molar-refractivity contribution in [3.63, 3.8) is 0 Å². The summed E-state index contributed by atoms with van der Waals surface area (Å²) in [7, 11) is 0. The highest BCUT2D eigenvalue weighted by Crippen LogP contribution is 2.26. The van der Waals surface area contributed by atoms with Crippen LogP contribution >= 0.6 is 0 Å². The van der Waals surface area contributed by atoms with E-state index in [1.807, 2.05) is 0 Å². The normalized spacial score (nSPS) is 15.8. The van der Waals surface area contributed by atoms with Crippen LogP contribution in [0.1, 0.15) is 42.8 Å². The zero-order valence-corrected chi connectivity index (χ0v) is 11.8. The zero-order chi connectivity index (χ0) is 13.4. The Morgan fingerprint density at radius 2 is 1.84 bits per heavy atom. The molecule has 0 radical (unpaired) electrons. The Balaban J connectivity index is 1.90. The fraction of sp³-hybridized carbons (Fsp3) is 0.438. The van der Waals surface area contributed by atoms with Crippen LogP contribution < -0.4 is 5.32 Å². The van der Waals surface area contributed by atoms with Gasteiger partial charge in [-0.25, -0.2) is 4.98 Å². The molecule has 2 aromatic rings. The molecule has 2 heterocycles. The van der Waals surface area contributed by atoms with Crippen molar-refractivity contribution < 1.29 is 0 Å². The monoisotopic (exact) mass is 255 g/mol. The van der Waals surface area contributed by atoms with E-state index in [9.17, 15) is 0 Å². The van der Waals surface area contributed by atoms with E-state index in [2.05, 4.69) is 55.3 Å². The molecule has 0 spiro atoms. The van der Waals surface area contributed by atoms with Gasteiger partial charge in [0.1, 0.15) is 5.82 Å². The summed E-state index contributed by atoms with van der Waals surface area (Å²) in [5, 5.41) is 3.29. The molecule has 0 aliphatic carbocycles. The SMILES string of the molecule is Cc1[nH]c(C2CNC2)nc1-c1ccc(C(C)C)cc1. The molecule has 3 rings (SSSR count). The molecule has 19 heavy (non-hydrogen) atoms. The van der Waals surface area contributed by atoms with Crippen molar-refractivity contribution in [2.24, 2.45) is 0 Å². The average molecular weight is 255 g/mol. The van der Waals surface area contributed by atoms with E-state index < -0.39 is 0 Å². The van der Waals surface area contributed by atoms with Gasteiger partial charge in [0.15, 0.2) is 0 Å². The number of aromatic nitrogens is 2. The van der Waals surface area contributed by atoms with Crippen molar-refractivity contribution in [1.82, 2.24) is 15.3 Å². The van der Waals surface area contributed by atoms with Gasteiger partial charge in [-0.2, -0.15) is 0 Å². The quantitative estimate of drug-likeness (QED) is 0.884. The Bertz CT molecular complexity index is 562. The summed E-state index contributed by atoms with van der Waals surface area (Å²) < 4.78 is 0. The minimum Gasteiger partial charge on any atom is -0.345 e. The molecule has 1 fully saturated rings. The van der Waals surface area contributed by atoms with Gasteiger partial charge in [0, 0.05) is 30.3 Å². The van der Waals surface area contributed by atoms with Crippen molar-refractivity contribution in [2.45, 2.75) is 32.6 Å². The van der Waals surface area contributed by atoms with Gasteiger partial charge in [0.2, 0.25) is 0 Å². The molecular weight excluding hydrogens is 234 g/mol. The van der Waals surface area contributed by atoms with E-state index in [0.717, 1.165) is 24.6 Å². The van der Waals surface area contributed by atoms with Crippen molar-refractivity contribution in [1.29, 1.82) is 0 Å². The number of hydrogen-bond acceptors (Lipinski definition) is 2. The first-order chi connectivity index (χ1) is 9.15. The van der Waals surface area contributed by atoms with Crippen LogP contribution in [0.3, 0.4) is 0 Å². The molecule has 1 aromatic carbocycles. The molecule has 3 nitrogen and oxygen atoms in total. The van der Waals surface area contributed by atoms with Crippen molar-refractivity contribution in [3.8, 4) is 11.3 Å². The first-order valence-corrected chi connectivity index (χ1v) is 7.02. The summed E-state index contributed by atoms with van der Waals surface area (Å²) in [5.74, 6) is 2.26. The second kappa shape index (κ2) is 4.82. The number of nitrogens with one attached hydrogen (secondary N) is 2. The van der Waals surface area contributed by atoms with Crippen molar-refractivity contribution in [2.75, 3.05) is 13.1 Å². The summed E-state index contributed by atoms with van der Waals surface area (Å²) in [4.78, 5) is 8.21. The van der Waals surface area contributed by atoms with Crippen LogP contribution in [0.5, 0.6) is 0 Å². The summed E-state index contributed by atoms with van der Waals surface area (Å²) in [6.45, 7) is 8.62. The van der Waals surface area contributed by atoms with E-state index in [1.54, 1.807) is 0 Å². The maximum atomic E-state index is 4.78. The predicted octanol–water partition coefficient (Wildman–Crippen LogP) is 3.20. The summed E-state index contributed by atoms with van der Waals surface area (Å²) in [6, 6.07) is 8.78. The minimum absolute atomic E-state index is 0.558. The second-order valence-electron chi connectivity index (χ2n) is 5.73. The molecule has 100 valence electrons. The topological polar surface area (TPSA) is 40.7 Å². The molecule has 0 atom stereocenters. The Morgan fingerprint density at radius 1 is 1.16 bits per heavy atom. The Labute approximate surface area is 114 Å². The lowest BCUT2D eigenvalue weighted by Gasteiger charge is -2.24. The van der Waals surface area contributed by atoms with E-state index >= 15 is 0 Å². The molecule has 1 aliphatic rings. The molecule has 0 saturated carbocycles. The van der Waals surface area contributed by atoms with Crippen LogP contribution in [0.2, 0.25) is 0 Å². The lowest BCUT2D eigenvalue weighted by molar-refractivity contribution is 0.432. The second-order valence-corrected chi connectivity index (χ2v) is 5.73. The molecule has 3 heteroatoms. The van der Waals surface area contributed by atoms with Crippen LogP contribution in [0.4, 0.5) is 0 Å².